The lowest BCUT2D eigenvalue weighted by atomic mass is 10.0. The van der Waals surface area contributed by atoms with Crippen LogP contribution in [0.3, 0.4) is 0 Å². The van der Waals surface area contributed by atoms with Crippen LogP contribution in [0.2, 0.25) is 0 Å². The molecule has 13 heavy (non-hydrogen) atoms. The van der Waals surface area contributed by atoms with Gasteiger partial charge < -0.3 is 10.1 Å². The number of aromatic amines is 1. The van der Waals surface area contributed by atoms with Crippen LogP contribution in [0.4, 0.5) is 0 Å². The van der Waals surface area contributed by atoms with E-state index in [9.17, 15) is 4.79 Å². The second kappa shape index (κ2) is 2.62. The van der Waals surface area contributed by atoms with Gasteiger partial charge in [0.2, 0.25) is 0 Å². The van der Waals surface area contributed by atoms with Gasteiger partial charge in [0.05, 0.1) is 5.56 Å². The number of carbonyl (C=O) groups is 1. The van der Waals surface area contributed by atoms with E-state index in [4.69, 9.17) is 5.11 Å². The average molecular weight is 175 g/mol. The maximum Gasteiger partial charge on any atom is 0.336 e. The Kier molecular flexibility index (Phi) is 1.59. The summed E-state index contributed by atoms with van der Waals surface area (Å²) in [5.41, 5.74) is 2.04. The number of fused-ring (bicyclic) bond motifs is 1. The standard InChI is InChI=1S/C10H9NO2/c1-6-2-3-8-7(4-5-11-8)9(6)10(12)13/h2-5,11H,1H3,(H,12,13). The number of rotatable bonds is 1. The van der Waals surface area contributed by atoms with Gasteiger partial charge in [-0.25, -0.2) is 4.79 Å². The first-order chi connectivity index (χ1) is 6.20. The van der Waals surface area contributed by atoms with Gasteiger partial charge in [-0.15, -0.1) is 0 Å². The minimum Gasteiger partial charge on any atom is -0.478 e. The molecule has 66 valence electrons. The lowest BCUT2D eigenvalue weighted by Gasteiger charge is -2.01. The van der Waals surface area contributed by atoms with Crippen LogP contribution in [0.1, 0.15) is 15.9 Å². The lowest BCUT2D eigenvalue weighted by molar-refractivity contribution is 0.0698. The third-order valence-corrected chi connectivity index (χ3v) is 2.16. The smallest absolute Gasteiger partial charge is 0.336 e. The van der Waals surface area contributed by atoms with Crippen molar-refractivity contribution in [1.82, 2.24) is 4.98 Å². The van der Waals surface area contributed by atoms with E-state index in [0.29, 0.717) is 5.56 Å². The van der Waals surface area contributed by atoms with Gasteiger partial charge in [-0.05, 0) is 24.6 Å². The van der Waals surface area contributed by atoms with Gasteiger partial charge in [0.1, 0.15) is 0 Å². The van der Waals surface area contributed by atoms with Crippen molar-refractivity contribution in [2.45, 2.75) is 6.92 Å². The molecule has 2 rings (SSSR count). The van der Waals surface area contributed by atoms with Gasteiger partial charge in [-0.2, -0.15) is 0 Å². The predicted octanol–water partition coefficient (Wildman–Crippen LogP) is 2.17. The Morgan fingerprint density at radius 1 is 1.38 bits per heavy atom. The molecular weight excluding hydrogens is 166 g/mol. The van der Waals surface area contributed by atoms with Crippen LogP contribution in [0.25, 0.3) is 10.9 Å². The van der Waals surface area contributed by atoms with Crippen LogP contribution in [0.5, 0.6) is 0 Å². The molecule has 0 bridgehead atoms. The number of benzene rings is 1. The van der Waals surface area contributed by atoms with E-state index >= 15 is 0 Å². The van der Waals surface area contributed by atoms with Crippen molar-refractivity contribution in [2.75, 3.05) is 0 Å². The molecule has 3 nitrogen and oxygen atoms in total. The predicted molar refractivity (Wildman–Crippen MR) is 50.0 cm³/mol. The highest BCUT2D eigenvalue weighted by Crippen LogP contribution is 2.20. The monoisotopic (exact) mass is 175 g/mol. The SMILES string of the molecule is Cc1ccc2[nH]ccc2c1C(=O)O. The zero-order valence-electron chi connectivity index (χ0n) is 7.16. The Bertz CT molecular complexity index is 471. The number of hydrogen-bond acceptors (Lipinski definition) is 1. The van der Waals surface area contributed by atoms with Gasteiger partial charge in [0.25, 0.3) is 0 Å². The summed E-state index contributed by atoms with van der Waals surface area (Å²) in [6.07, 6.45) is 1.75. The van der Waals surface area contributed by atoms with Crippen LogP contribution in [0.15, 0.2) is 24.4 Å². The van der Waals surface area contributed by atoms with Crippen LogP contribution in [0, 0.1) is 6.92 Å². The largest absolute Gasteiger partial charge is 0.478 e. The summed E-state index contributed by atoms with van der Waals surface area (Å²) < 4.78 is 0. The summed E-state index contributed by atoms with van der Waals surface area (Å²) in [5.74, 6) is -0.872. The molecule has 1 aromatic carbocycles. The summed E-state index contributed by atoms with van der Waals surface area (Å²) in [7, 11) is 0. The minimum atomic E-state index is -0.872. The van der Waals surface area contributed by atoms with Crippen LogP contribution in [-0.4, -0.2) is 16.1 Å². The van der Waals surface area contributed by atoms with Gasteiger partial charge in [0, 0.05) is 17.1 Å². The van der Waals surface area contributed by atoms with Crippen molar-refractivity contribution in [3.8, 4) is 0 Å². The number of carboxylic acid groups (broad SMARTS) is 1. The van der Waals surface area contributed by atoms with Crippen LogP contribution >= 0.6 is 0 Å². The topological polar surface area (TPSA) is 53.1 Å². The van der Waals surface area contributed by atoms with Crippen LogP contribution in [-0.2, 0) is 0 Å². The second-order valence-electron chi connectivity index (χ2n) is 3.00. The maximum absolute atomic E-state index is 10.9. The second-order valence-corrected chi connectivity index (χ2v) is 3.00. The molecule has 0 saturated heterocycles. The molecule has 0 atom stereocenters. The molecule has 0 spiro atoms. The summed E-state index contributed by atoms with van der Waals surface area (Å²) in [4.78, 5) is 13.9. The van der Waals surface area contributed by atoms with Crippen molar-refractivity contribution in [3.05, 3.63) is 35.5 Å². The number of carboxylic acids is 1. The fraction of sp³-hybridized carbons (Fsp3) is 0.100. The molecule has 0 aliphatic heterocycles. The van der Waals surface area contributed by atoms with Gasteiger partial charge in [-0.3, -0.25) is 0 Å². The number of aromatic nitrogens is 1. The number of hydrogen-bond donors (Lipinski definition) is 2. The molecule has 0 amide bonds. The van der Waals surface area contributed by atoms with Gasteiger partial charge >= 0.3 is 5.97 Å². The molecule has 0 saturated carbocycles. The van der Waals surface area contributed by atoms with Crippen molar-refractivity contribution in [2.24, 2.45) is 0 Å². The first-order valence-corrected chi connectivity index (χ1v) is 4.00. The molecule has 2 aromatic rings. The zero-order chi connectivity index (χ0) is 9.42. The number of aryl methyl sites for hydroxylation is 1. The summed E-state index contributed by atoms with van der Waals surface area (Å²) in [6.45, 7) is 1.80. The molecule has 2 N–H and O–H groups in total. The Morgan fingerprint density at radius 3 is 2.85 bits per heavy atom. The zero-order valence-corrected chi connectivity index (χ0v) is 7.16. The third kappa shape index (κ3) is 1.09. The average Bonchev–Trinajstić information content (AvgIpc) is 2.50. The fourth-order valence-electron chi connectivity index (χ4n) is 1.53. The van der Waals surface area contributed by atoms with E-state index in [0.717, 1.165) is 16.5 Å². The third-order valence-electron chi connectivity index (χ3n) is 2.16. The Balaban J connectivity index is 2.88. The van der Waals surface area contributed by atoms with Gasteiger partial charge in [-0.1, -0.05) is 6.07 Å². The quantitative estimate of drug-likeness (QED) is 0.697. The fourth-order valence-corrected chi connectivity index (χ4v) is 1.53. The highest BCUT2D eigenvalue weighted by Gasteiger charge is 2.11. The molecular formula is C10H9NO2. The first-order valence-electron chi connectivity index (χ1n) is 4.00. The van der Waals surface area contributed by atoms with E-state index in [2.05, 4.69) is 4.98 Å². The molecule has 0 unspecified atom stereocenters. The minimum absolute atomic E-state index is 0.388. The number of nitrogens with one attached hydrogen (secondary N) is 1. The first kappa shape index (κ1) is 7.86. The Hall–Kier alpha value is -1.77. The molecule has 0 radical (unpaired) electrons. The van der Waals surface area contributed by atoms with E-state index < -0.39 is 5.97 Å². The van der Waals surface area contributed by atoms with Crippen molar-refractivity contribution in [3.63, 3.8) is 0 Å². The Labute approximate surface area is 75.0 Å². The van der Waals surface area contributed by atoms with Crippen molar-refractivity contribution >= 4 is 16.9 Å². The maximum atomic E-state index is 10.9. The summed E-state index contributed by atoms with van der Waals surface area (Å²) in [5, 5.41) is 9.74. The number of aromatic carboxylic acids is 1. The molecule has 0 aliphatic carbocycles. The molecule has 1 heterocycles. The van der Waals surface area contributed by atoms with Crippen LogP contribution < -0.4 is 0 Å². The van der Waals surface area contributed by atoms with E-state index in [-0.39, 0.29) is 0 Å². The molecule has 0 fully saturated rings. The Morgan fingerprint density at radius 2 is 2.15 bits per heavy atom. The normalized spacial score (nSPS) is 10.5. The van der Waals surface area contributed by atoms with E-state index in [1.807, 2.05) is 12.1 Å². The summed E-state index contributed by atoms with van der Waals surface area (Å²) >= 11 is 0. The molecule has 3 heteroatoms. The van der Waals surface area contributed by atoms with Crippen molar-refractivity contribution < 1.29 is 9.90 Å². The van der Waals surface area contributed by atoms with Gasteiger partial charge in [0.15, 0.2) is 0 Å². The molecule has 1 aromatic heterocycles. The highest BCUT2D eigenvalue weighted by atomic mass is 16.4. The lowest BCUT2D eigenvalue weighted by Crippen LogP contribution is -1.99. The van der Waals surface area contributed by atoms with Crippen molar-refractivity contribution in [1.29, 1.82) is 0 Å². The molecule has 0 aliphatic rings. The number of H-pyrrole nitrogens is 1. The summed E-state index contributed by atoms with van der Waals surface area (Å²) in [6, 6.07) is 5.48. The van der Waals surface area contributed by atoms with E-state index in [1.165, 1.54) is 0 Å². The highest BCUT2D eigenvalue weighted by molar-refractivity contribution is 6.04. The van der Waals surface area contributed by atoms with E-state index in [1.54, 1.807) is 19.2 Å².